The van der Waals surface area contributed by atoms with E-state index in [2.05, 4.69) is 0 Å². The molecule has 0 unspecified atom stereocenters. The molecule has 4 nitrogen and oxygen atoms in total. The second kappa shape index (κ2) is 4.45. The number of nitrogens with zero attached hydrogens (tertiary/aromatic N) is 1. The van der Waals surface area contributed by atoms with Crippen LogP contribution in [0.25, 0.3) is 10.9 Å². The Hall–Kier alpha value is -1.69. The van der Waals surface area contributed by atoms with E-state index in [1.165, 1.54) is 31.3 Å². The van der Waals surface area contributed by atoms with E-state index in [4.69, 9.17) is 0 Å². The summed E-state index contributed by atoms with van der Waals surface area (Å²) in [6.07, 6.45) is 1.27. The summed E-state index contributed by atoms with van der Waals surface area (Å²) < 4.78 is 38.8. The fourth-order valence-corrected chi connectivity index (χ4v) is 3.03. The molecule has 102 valence electrons. The molecule has 0 saturated carbocycles. The molecule has 0 N–H and O–H groups in total. The van der Waals surface area contributed by atoms with Crippen molar-refractivity contribution < 1.29 is 17.6 Å². The molecule has 1 aromatic heterocycles. The smallest absolute Gasteiger partial charge is 0.241 e. The molecule has 0 saturated heterocycles. The Labute approximate surface area is 110 Å². The molecule has 1 aromatic carbocycles. The van der Waals surface area contributed by atoms with Crippen LogP contribution >= 0.6 is 0 Å². The molecule has 0 atom stereocenters. The minimum atomic E-state index is -3.59. The summed E-state index contributed by atoms with van der Waals surface area (Å²) >= 11 is 0. The van der Waals surface area contributed by atoms with Gasteiger partial charge in [0.25, 0.3) is 0 Å². The van der Waals surface area contributed by atoms with E-state index in [-0.39, 0.29) is 11.3 Å². The zero-order valence-corrected chi connectivity index (χ0v) is 11.7. The van der Waals surface area contributed by atoms with Gasteiger partial charge < -0.3 is 0 Å². The van der Waals surface area contributed by atoms with Gasteiger partial charge in [0.15, 0.2) is 5.78 Å². The summed E-state index contributed by atoms with van der Waals surface area (Å²) in [5.74, 6) is -0.803. The third-order valence-corrected chi connectivity index (χ3v) is 5.02. The minimum absolute atomic E-state index is 0.207. The number of rotatable bonds is 3. The Morgan fingerprint density at radius 2 is 1.95 bits per heavy atom. The zero-order valence-electron chi connectivity index (χ0n) is 10.8. The molecule has 0 fully saturated rings. The monoisotopic (exact) mass is 283 g/mol. The van der Waals surface area contributed by atoms with Gasteiger partial charge in [-0.1, -0.05) is 0 Å². The van der Waals surface area contributed by atoms with Gasteiger partial charge in [-0.15, -0.1) is 0 Å². The molecule has 0 aliphatic carbocycles. The molecule has 0 amide bonds. The highest BCUT2D eigenvalue weighted by Crippen LogP contribution is 2.25. The first kappa shape index (κ1) is 13.7. The van der Waals surface area contributed by atoms with Gasteiger partial charge in [0.2, 0.25) is 10.0 Å². The maximum Gasteiger partial charge on any atom is 0.241 e. The van der Waals surface area contributed by atoms with Gasteiger partial charge in [-0.25, -0.2) is 16.8 Å². The van der Waals surface area contributed by atoms with Crippen LogP contribution in [0, 0.1) is 5.82 Å². The summed E-state index contributed by atoms with van der Waals surface area (Å²) in [6.45, 7) is 4.43. The molecule has 0 radical (unpaired) electrons. The predicted octanol–water partition coefficient (Wildman–Crippen LogP) is 2.57. The van der Waals surface area contributed by atoms with Crippen LogP contribution in [0.5, 0.6) is 0 Å². The van der Waals surface area contributed by atoms with Crippen molar-refractivity contribution in [1.82, 2.24) is 3.97 Å². The first-order valence-corrected chi connectivity index (χ1v) is 7.31. The predicted molar refractivity (Wildman–Crippen MR) is 71.4 cm³/mol. The lowest BCUT2D eigenvalue weighted by Gasteiger charge is -2.10. The van der Waals surface area contributed by atoms with E-state index in [1.54, 1.807) is 13.8 Å². The maximum atomic E-state index is 13.3. The molecule has 2 rings (SSSR count). The van der Waals surface area contributed by atoms with Crippen molar-refractivity contribution in [2.24, 2.45) is 0 Å². The Bertz CT molecular complexity index is 760. The first-order valence-electron chi connectivity index (χ1n) is 5.81. The number of Topliss-reactive ketones (excluding diaryl/α,β-unsaturated/α-hetero) is 1. The third-order valence-electron chi connectivity index (χ3n) is 2.98. The van der Waals surface area contributed by atoms with Crippen LogP contribution in [0.1, 0.15) is 31.1 Å². The zero-order chi connectivity index (χ0) is 14.4. The molecule has 19 heavy (non-hydrogen) atoms. The number of carbonyl (C=O) groups is 1. The molecular formula is C13H14FNO3S. The number of hydrogen-bond acceptors (Lipinski definition) is 3. The SMILES string of the molecule is CC(=O)c1cn(S(=O)(=O)C(C)C)c2ccc(F)cc12. The van der Waals surface area contributed by atoms with Gasteiger partial charge >= 0.3 is 0 Å². The first-order chi connectivity index (χ1) is 8.75. The number of aromatic nitrogens is 1. The summed E-state index contributed by atoms with van der Waals surface area (Å²) in [5, 5.41) is -0.315. The second-order valence-corrected chi connectivity index (χ2v) is 7.02. The van der Waals surface area contributed by atoms with Gasteiger partial charge in [0, 0.05) is 17.1 Å². The van der Waals surface area contributed by atoms with Gasteiger partial charge in [-0.3, -0.25) is 4.79 Å². The number of fused-ring (bicyclic) bond motifs is 1. The summed E-state index contributed by atoms with van der Waals surface area (Å²) in [6, 6.07) is 3.73. The van der Waals surface area contributed by atoms with Crippen molar-refractivity contribution in [2.75, 3.05) is 0 Å². The second-order valence-electron chi connectivity index (χ2n) is 4.65. The third kappa shape index (κ3) is 2.16. The Balaban J connectivity index is 2.88. The average molecular weight is 283 g/mol. The van der Waals surface area contributed by atoms with E-state index in [0.717, 1.165) is 3.97 Å². The lowest BCUT2D eigenvalue weighted by Crippen LogP contribution is -2.21. The quantitative estimate of drug-likeness (QED) is 0.813. The number of carbonyl (C=O) groups excluding carboxylic acids is 1. The highest BCUT2D eigenvalue weighted by Gasteiger charge is 2.23. The number of ketones is 1. The van der Waals surface area contributed by atoms with E-state index >= 15 is 0 Å². The van der Waals surface area contributed by atoms with Crippen LogP contribution in [0.3, 0.4) is 0 Å². The van der Waals surface area contributed by atoms with Crippen molar-refractivity contribution in [3.05, 3.63) is 35.8 Å². The summed E-state index contributed by atoms with van der Waals surface area (Å²) in [4.78, 5) is 11.6. The minimum Gasteiger partial charge on any atom is -0.294 e. The normalized spacial score (nSPS) is 12.3. The topological polar surface area (TPSA) is 56.1 Å². The summed E-state index contributed by atoms with van der Waals surface area (Å²) in [7, 11) is -3.59. The molecule has 0 bridgehead atoms. The van der Waals surface area contributed by atoms with Gasteiger partial charge in [0.05, 0.1) is 10.8 Å². The van der Waals surface area contributed by atoms with Crippen molar-refractivity contribution in [1.29, 1.82) is 0 Å². The molecule has 1 heterocycles. The Kier molecular flexibility index (Phi) is 3.22. The lowest BCUT2D eigenvalue weighted by molar-refractivity contribution is 0.101. The highest BCUT2D eigenvalue weighted by molar-refractivity contribution is 7.90. The Morgan fingerprint density at radius 1 is 1.32 bits per heavy atom. The average Bonchev–Trinajstić information content (AvgIpc) is 2.67. The van der Waals surface area contributed by atoms with E-state index in [1.807, 2.05) is 0 Å². The van der Waals surface area contributed by atoms with Crippen molar-refractivity contribution in [3.63, 3.8) is 0 Å². The van der Waals surface area contributed by atoms with Crippen LogP contribution in [0.15, 0.2) is 24.4 Å². The standard InChI is InChI=1S/C13H14FNO3S/c1-8(2)19(17,18)15-7-12(9(3)16)11-6-10(14)4-5-13(11)15/h4-8H,1-3H3. The molecular weight excluding hydrogens is 269 g/mol. The van der Waals surface area contributed by atoms with Crippen LogP contribution < -0.4 is 0 Å². The van der Waals surface area contributed by atoms with E-state index in [9.17, 15) is 17.6 Å². The molecule has 6 heteroatoms. The fourth-order valence-electron chi connectivity index (χ4n) is 1.89. The van der Waals surface area contributed by atoms with E-state index in [0.29, 0.717) is 10.9 Å². The van der Waals surface area contributed by atoms with Crippen molar-refractivity contribution in [3.8, 4) is 0 Å². The molecule has 0 aliphatic heterocycles. The fraction of sp³-hybridized carbons (Fsp3) is 0.308. The maximum absolute atomic E-state index is 13.3. The van der Waals surface area contributed by atoms with Crippen LogP contribution in [-0.4, -0.2) is 23.4 Å². The van der Waals surface area contributed by atoms with Crippen molar-refractivity contribution >= 4 is 26.7 Å². The Morgan fingerprint density at radius 3 is 2.47 bits per heavy atom. The highest BCUT2D eigenvalue weighted by atomic mass is 32.2. The van der Waals surface area contributed by atoms with Gasteiger partial charge in [-0.05, 0) is 39.0 Å². The molecule has 0 spiro atoms. The molecule has 0 aliphatic rings. The number of benzene rings is 1. The van der Waals surface area contributed by atoms with Gasteiger partial charge in [0.1, 0.15) is 5.82 Å². The number of halogens is 1. The van der Waals surface area contributed by atoms with Gasteiger partial charge in [-0.2, -0.15) is 0 Å². The number of hydrogen-bond donors (Lipinski definition) is 0. The molecule has 2 aromatic rings. The van der Waals surface area contributed by atoms with E-state index < -0.39 is 21.1 Å². The largest absolute Gasteiger partial charge is 0.294 e. The van der Waals surface area contributed by atoms with Crippen LogP contribution in [0.4, 0.5) is 4.39 Å². The lowest BCUT2D eigenvalue weighted by atomic mass is 10.1. The van der Waals surface area contributed by atoms with Crippen molar-refractivity contribution in [2.45, 2.75) is 26.0 Å². The summed E-state index contributed by atoms with van der Waals surface area (Å²) in [5.41, 5.74) is 0.527. The van der Waals surface area contributed by atoms with Crippen LogP contribution in [0.2, 0.25) is 0 Å². The van der Waals surface area contributed by atoms with Crippen LogP contribution in [-0.2, 0) is 10.0 Å².